The molecule has 1 saturated heterocycles. The minimum absolute atomic E-state index is 0.207. The van der Waals surface area contributed by atoms with E-state index >= 15 is 0 Å². The summed E-state index contributed by atoms with van der Waals surface area (Å²) in [4.78, 5) is 18.2. The molecule has 1 N–H and O–H groups in total. The standard InChI is InChI=1S/C19H24N4O4S/c1-2-27-17-5-7-18(8-6-17)28(25,26)23-12-10-22(11-13-23)19(24)21-15-16-4-3-9-20-14-16/h3-9,14H,2,10-13,15H2,1H3,(H,21,24). The second kappa shape index (κ2) is 9.03. The van der Waals surface area contributed by atoms with Crippen molar-refractivity contribution >= 4 is 16.1 Å². The molecule has 2 amide bonds. The van der Waals surface area contributed by atoms with Gasteiger partial charge in [-0.05, 0) is 42.8 Å². The van der Waals surface area contributed by atoms with Crippen LogP contribution < -0.4 is 10.1 Å². The molecule has 2 heterocycles. The molecule has 0 unspecified atom stereocenters. The summed E-state index contributed by atoms with van der Waals surface area (Å²) in [6, 6.07) is 9.89. The summed E-state index contributed by atoms with van der Waals surface area (Å²) < 4.78 is 32.4. The zero-order valence-corrected chi connectivity index (χ0v) is 16.6. The molecular formula is C19H24N4O4S. The van der Waals surface area contributed by atoms with Crippen LogP contribution in [-0.2, 0) is 16.6 Å². The first-order valence-corrected chi connectivity index (χ1v) is 10.6. The number of pyridine rings is 1. The number of aromatic nitrogens is 1. The molecule has 150 valence electrons. The Balaban J connectivity index is 1.54. The van der Waals surface area contributed by atoms with E-state index in [1.807, 2.05) is 19.1 Å². The summed E-state index contributed by atoms with van der Waals surface area (Å²) in [5.74, 6) is 0.636. The molecular weight excluding hydrogens is 380 g/mol. The van der Waals surface area contributed by atoms with Gasteiger partial charge in [0.05, 0.1) is 11.5 Å². The number of ether oxygens (including phenoxy) is 1. The first-order chi connectivity index (χ1) is 13.5. The zero-order chi connectivity index (χ0) is 20.0. The number of benzene rings is 1. The highest BCUT2D eigenvalue weighted by molar-refractivity contribution is 7.89. The topological polar surface area (TPSA) is 91.8 Å². The van der Waals surface area contributed by atoms with Gasteiger partial charge in [0.25, 0.3) is 0 Å². The monoisotopic (exact) mass is 404 g/mol. The van der Waals surface area contributed by atoms with E-state index in [1.54, 1.807) is 41.6 Å². The molecule has 0 radical (unpaired) electrons. The highest BCUT2D eigenvalue weighted by Gasteiger charge is 2.30. The maximum atomic E-state index is 12.8. The maximum Gasteiger partial charge on any atom is 0.317 e. The van der Waals surface area contributed by atoms with Crippen molar-refractivity contribution in [1.82, 2.24) is 19.5 Å². The van der Waals surface area contributed by atoms with E-state index in [2.05, 4.69) is 10.3 Å². The Morgan fingerprint density at radius 3 is 2.46 bits per heavy atom. The summed E-state index contributed by atoms with van der Waals surface area (Å²) in [5.41, 5.74) is 0.910. The van der Waals surface area contributed by atoms with Crippen LogP contribution in [-0.4, -0.2) is 61.4 Å². The van der Waals surface area contributed by atoms with E-state index < -0.39 is 10.0 Å². The molecule has 1 aliphatic heterocycles. The Labute approximate surface area is 165 Å². The van der Waals surface area contributed by atoms with Crippen molar-refractivity contribution in [2.75, 3.05) is 32.8 Å². The highest BCUT2D eigenvalue weighted by atomic mass is 32.2. The average molecular weight is 404 g/mol. The van der Waals surface area contributed by atoms with Crippen LogP contribution in [0.1, 0.15) is 12.5 Å². The van der Waals surface area contributed by atoms with Crippen LogP contribution in [0.3, 0.4) is 0 Å². The van der Waals surface area contributed by atoms with Crippen molar-refractivity contribution in [3.8, 4) is 5.75 Å². The summed E-state index contributed by atoms with van der Waals surface area (Å²) >= 11 is 0. The van der Waals surface area contributed by atoms with E-state index in [0.717, 1.165) is 5.56 Å². The predicted octanol–water partition coefficient (Wildman–Crippen LogP) is 1.70. The number of nitrogens with one attached hydrogen (secondary N) is 1. The molecule has 9 heteroatoms. The lowest BCUT2D eigenvalue weighted by Crippen LogP contribution is -2.52. The number of rotatable bonds is 6. The van der Waals surface area contributed by atoms with E-state index in [-0.39, 0.29) is 24.0 Å². The van der Waals surface area contributed by atoms with Crippen LogP contribution in [0.25, 0.3) is 0 Å². The Kier molecular flexibility index (Phi) is 6.48. The molecule has 2 aromatic rings. The molecule has 1 aliphatic rings. The number of hydrogen-bond donors (Lipinski definition) is 1. The van der Waals surface area contributed by atoms with Gasteiger partial charge in [-0.15, -0.1) is 0 Å². The number of piperazine rings is 1. The molecule has 0 aliphatic carbocycles. The summed E-state index contributed by atoms with van der Waals surface area (Å²) in [6.07, 6.45) is 3.37. The van der Waals surface area contributed by atoms with E-state index in [0.29, 0.717) is 32.0 Å². The van der Waals surface area contributed by atoms with Gasteiger partial charge >= 0.3 is 6.03 Å². The first-order valence-electron chi connectivity index (χ1n) is 9.15. The van der Waals surface area contributed by atoms with Crippen LogP contribution in [0, 0.1) is 0 Å². The maximum absolute atomic E-state index is 12.8. The first kappa shape index (κ1) is 20.1. The summed E-state index contributed by atoms with van der Waals surface area (Å²) in [6.45, 7) is 3.99. The van der Waals surface area contributed by atoms with Crippen molar-refractivity contribution in [2.45, 2.75) is 18.4 Å². The summed E-state index contributed by atoms with van der Waals surface area (Å²) in [5, 5.41) is 2.84. The number of hydrogen-bond acceptors (Lipinski definition) is 5. The van der Waals surface area contributed by atoms with Gasteiger partial charge in [-0.1, -0.05) is 6.07 Å². The Morgan fingerprint density at radius 1 is 1.14 bits per heavy atom. The molecule has 0 spiro atoms. The van der Waals surface area contributed by atoms with Gasteiger partial charge in [-0.3, -0.25) is 4.98 Å². The predicted molar refractivity (Wildman–Crippen MR) is 104 cm³/mol. The van der Waals surface area contributed by atoms with Gasteiger partial charge in [-0.2, -0.15) is 4.31 Å². The minimum atomic E-state index is -3.59. The van der Waals surface area contributed by atoms with Crippen LogP contribution in [0.4, 0.5) is 4.79 Å². The van der Waals surface area contributed by atoms with Crippen LogP contribution in [0.5, 0.6) is 5.75 Å². The molecule has 0 bridgehead atoms. The fourth-order valence-electron chi connectivity index (χ4n) is 2.95. The quantitative estimate of drug-likeness (QED) is 0.791. The molecule has 28 heavy (non-hydrogen) atoms. The normalized spacial score (nSPS) is 15.2. The largest absolute Gasteiger partial charge is 0.494 e. The smallest absolute Gasteiger partial charge is 0.317 e. The second-order valence-electron chi connectivity index (χ2n) is 6.32. The second-order valence-corrected chi connectivity index (χ2v) is 8.25. The fourth-order valence-corrected chi connectivity index (χ4v) is 4.37. The van der Waals surface area contributed by atoms with Gasteiger partial charge in [0.15, 0.2) is 0 Å². The van der Waals surface area contributed by atoms with Gasteiger partial charge in [-0.25, -0.2) is 13.2 Å². The number of sulfonamides is 1. The molecule has 0 saturated carbocycles. The van der Waals surface area contributed by atoms with Gasteiger partial charge < -0.3 is 15.0 Å². The Bertz CT molecular complexity index is 880. The molecule has 1 fully saturated rings. The van der Waals surface area contributed by atoms with Crippen molar-refractivity contribution in [1.29, 1.82) is 0 Å². The molecule has 3 rings (SSSR count). The Morgan fingerprint density at radius 2 is 1.86 bits per heavy atom. The van der Waals surface area contributed by atoms with Crippen LogP contribution in [0.2, 0.25) is 0 Å². The van der Waals surface area contributed by atoms with Crippen molar-refractivity contribution in [3.05, 3.63) is 54.4 Å². The fraction of sp³-hybridized carbons (Fsp3) is 0.368. The van der Waals surface area contributed by atoms with Crippen LogP contribution >= 0.6 is 0 Å². The van der Waals surface area contributed by atoms with Gasteiger partial charge in [0.2, 0.25) is 10.0 Å². The van der Waals surface area contributed by atoms with E-state index in [1.165, 1.54) is 4.31 Å². The number of urea groups is 1. The van der Waals surface area contributed by atoms with Crippen molar-refractivity contribution in [3.63, 3.8) is 0 Å². The SMILES string of the molecule is CCOc1ccc(S(=O)(=O)N2CCN(C(=O)NCc3cccnc3)CC2)cc1. The highest BCUT2D eigenvalue weighted by Crippen LogP contribution is 2.21. The van der Waals surface area contributed by atoms with E-state index in [9.17, 15) is 13.2 Å². The van der Waals surface area contributed by atoms with E-state index in [4.69, 9.17) is 4.74 Å². The zero-order valence-electron chi connectivity index (χ0n) is 15.7. The van der Waals surface area contributed by atoms with Crippen molar-refractivity contribution in [2.24, 2.45) is 0 Å². The molecule has 1 aromatic heterocycles. The van der Waals surface area contributed by atoms with Gasteiger partial charge in [0, 0.05) is 45.1 Å². The molecule has 1 aromatic carbocycles. The third-order valence-electron chi connectivity index (χ3n) is 4.46. The Hall–Kier alpha value is -2.65. The number of nitrogens with zero attached hydrogens (tertiary/aromatic N) is 3. The third kappa shape index (κ3) is 4.79. The molecule has 8 nitrogen and oxygen atoms in total. The van der Waals surface area contributed by atoms with Crippen molar-refractivity contribution < 1.29 is 17.9 Å². The number of carbonyl (C=O) groups is 1. The third-order valence-corrected chi connectivity index (χ3v) is 6.38. The number of carbonyl (C=O) groups excluding carboxylic acids is 1. The molecule has 0 atom stereocenters. The summed E-state index contributed by atoms with van der Waals surface area (Å²) in [7, 11) is -3.59. The van der Waals surface area contributed by atoms with Crippen LogP contribution in [0.15, 0.2) is 53.7 Å². The minimum Gasteiger partial charge on any atom is -0.494 e. The van der Waals surface area contributed by atoms with Gasteiger partial charge in [0.1, 0.15) is 5.75 Å². The average Bonchev–Trinajstić information content (AvgIpc) is 2.73. The number of amides is 2. The lowest BCUT2D eigenvalue weighted by Gasteiger charge is -2.34. The lowest BCUT2D eigenvalue weighted by atomic mass is 10.3. The lowest BCUT2D eigenvalue weighted by molar-refractivity contribution is 0.172.